The molecule has 0 amide bonds. The average Bonchev–Trinajstić information content (AvgIpc) is 2.84. The van der Waals surface area contributed by atoms with Crippen LogP contribution in [0, 0.1) is 0 Å². The quantitative estimate of drug-likeness (QED) is 0.787. The fourth-order valence-corrected chi connectivity index (χ4v) is 3.06. The van der Waals surface area contributed by atoms with Crippen LogP contribution in [0.25, 0.3) is 10.6 Å². The van der Waals surface area contributed by atoms with E-state index < -0.39 is 0 Å². The lowest BCUT2D eigenvalue weighted by molar-refractivity contribution is 0.102. The van der Waals surface area contributed by atoms with Gasteiger partial charge in [0.15, 0.2) is 5.78 Å². The van der Waals surface area contributed by atoms with Crippen LogP contribution in [0.15, 0.2) is 24.3 Å². The number of para-hydroxylation sites is 1. The number of methoxy groups -OCH3 is 1. The standard InChI is InChI=1S/C15H17NO2S/c1-9(2)13-14(10(3)17)19-15(16-13)11-7-5-6-8-12(11)18-4/h5-9H,1-4H3. The molecular weight excluding hydrogens is 258 g/mol. The normalized spacial score (nSPS) is 10.8. The van der Waals surface area contributed by atoms with Crippen molar-refractivity contribution in [2.75, 3.05) is 7.11 Å². The second-order valence-corrected chi connectivity index (χ2v) is 5.64. The third-order valence-electron chi connectivity index (χ3n) is 2.86. The first-order valence-electron chi connectivity index (χ1n) is 6.19. The Balaban J connectivity index is 2.57. The van der Waals surface area contributed by atoms with Gasteiger partial charge in [-0.3, -0.25) is 4.79 Å². The van der Waals surface area contributed by atoms with Gasteiger partial charge in [-0.25, -0.2) is 4.98 Å². The molecule has 0 aliphatic carbocycles. The van der Waals surface area contributed by atoms with Gasteiger partial charge in [-0.1, -0.05) is 26.0 Å². The zero-order valence-corrected chi connectivity index (χ0v) is 12.4. The predicted octanol–water partition coefficient (Wildman–Crippen LogP) is 4.14. The molecule has 1 aromatic carbocycles. The van der Waals surface area contributed by atoms with Crippen LogP contribution < -0.4 is 4.74 Å². The van der Waals surface area contributed by atoms with Crippen LogP contribution in [0.5, 0.6) is 5.75 Å². The van der Waals surface area contributed by atoms with Crippen LogP contribution in [0.2, 0.25) is 0 Å². The first-order valence-corrected chi connectivity index (χ1v) is 7.01. The molecule has 2 rings (SSSR count). The van der Waals surface area contributed by atoms with Gasteiger partial charge in [-0.15, -0.1) is 11.3 Å². The summed E-state index contributed by atoms with van der Waals surface area (Å²) in [5.41, 5.74) is 1.81. The van der Waals surface area contributed by atoms with Crippen molar-refractivity contribution in [2.45, 2.75) is 26.7 Å². The van der Waals surface area contributed by atoms with E-state index in [0.717, 1.165) is 26.9 Å². The molecule has 0 atom stereocenters. The molecule has 0 fully saturated rings. The Bertz CT molecular complexity index is 602. The third kappa shape index (κ3) is 2.68. The summed E-state index contributed by atoms with van der Waals surface area (Å²) in [7, 11) is 1.64. The summed E-state index contributed by atoms with van der Waals surface area (Å²) in [5.74, 6) is 1.09. The molecular formula is C15H17NO2S. The SMILES string of the molecule is COc1ccccc1-c1nc(C(C)C)c(C(C)=O)s1. The van der Waals surface area contributed by atoms with E-state index in [1.54, 1.807) is 14.0 Å². The summed E-state index contributed by atoms with van der Waals surface area (Å²) < 4.78 is 5.35. The maximum atomic E-state index is 11.7. The lowest BCUT2D eigenvalue weighted by Gasteiger charge is -2.04. The largest absolute Gasteiger partial charge is 0.496 e. The number of ketones is 1. The lowest BCUT2D eigenvalue weighted by Crippen LogP contribution is -1.97. The van der Waals surface area contributed by atoms with Gasteiger partial charge in [0.05, 0.1) is 23.2 Å². The van der Waals surface area contributed by atoms with Crippen molar-refractivity contribution in [3.8, 4) is 16.3 Å². The molecule has 0 saturated carbocycles. The van der Waals surface area contributed by atoms with E-state index >= 15 is 0 Å². The zero-order valence-electron chi connectivity index (χ0n) is 11.6. The summed E-state index contributed by atoms with van der Waals surface area (Å²) >= 11 is 1.44. The number of nitrogens with zero attached hydrogens (tertiary/aromatic N) is 1. The second-order valence-electron chi connectivity index (χ2n) is 4.64. The van der Waals surface area contributed by atoms with Crippen LogP contribution in [0.3, 0.4) is 0 Å². The Labute approximate surface area is 117 Å². The number of rotatable bonds is 4. The van der Waals surface area contributed by atoms with Gasteiger partial charge in [0, 0.05) is 6.92 Å². The van der Waals surface area contributed by atoms with Crippen molar-refractivity contribution >= 4 is 17.1 Å². The number of carbonyl (C=O) groups is 1. The minimum absolute atomic E-state index is 0.0716. The number of ether oxygens (including phenoxy) is 1. The lowest BCUT2D eigenvalue weighted by atomic mass is 10.1. The summed E-state index contributed by atoms with van der Waals surface area (Å²) in [5, 5.41) is 0.839. The molecule has 19 heavy (non-hydrogen) atoms. The van der Waals surface area contributed by atoms with E-state index in [-0.39, 0.29) is 11.7 Å². The molecule has 0 aliphatic rings. The van der Waals surface area contributed by atoms with Gasteiger partial charge >= 0.3 is 0 Å². The molecule has 0 saturated heterocycles. The molecule has 4 heteroatoms. The fraction of sp³-hybridized carbons (Fsp3) is 0.333. The Kier molecular flexibility index (Phi) is 4.00. The highest BCUT2D eigenvalue weighted by Gasteiger charge is 2.19. The number of carbonyl (C=O) groups excluding carboxylic acids is 1. The Morgan fingerprint density at radius 1 is 1.32 bits per heavy atom. The minimum atomic E-state index is 0.0716. The second kappa shape index (κ2) is 5.53. The molecule has 0 bridgehead atoms. The van der Waals surface area contributed by atoms with Crippen molar-refractivity contribution in [2.24, 2.45) is 0 Å². The Morgan fingerprint density at radius 3 is 2.53 bits per heavy atom. The first-order chi connectivity index (χ1) is 9.04. The summed E-state index contributed by atoms with van der Waals surface area (Å²) in [6.45, 7) is 5.69. The summed E-state index contributed by atoms with van der Waals surface area (Å²) in [6, 6.07) is 7.73. The third-order valence-corrected chi connectivity index (χ3v) is 4.06. The van der Waals surface area contributed by atoms with E-state index in [4.69, 9.17) is 4.74 Å². The van der Waals surface area contributed by atoms with Crippen molar-refractivity contribution in [3.05, 3.63) is 34.8 Å². The number of thiazole rings is 1. The maximum absolute atomic E-state index is 11.7. The summed E-state index contributed by atoms with van der Waals surface area (Å²) in [4.78, 5) is 17.1. The molecule has 0 aliphatic heterocycles. The molecule has 1 heterocycles. The molecule has 0 unspecified atom stereocenters. The number of Topliss-reactive ketones (excluding diaryl/α,β-unsaturated/α-hetero) is 1. The van der Waals surface area contributed by atoms with Gasteiger partial charge in [0.25, 0.3) is 0 Å². The van der Waals surface area contributed by atoms with Crippen LogP contribution >= 0.6 is 11.3 Å². The van der Waals surface area contributed by atoms with E-state index in [1.165, 1.54) is 11.3 Å². The predicted molar refractivity (Wildman–Crippen MR) is 78.2 cm³/mol. The molecule has 0 spiro atoms. The van der Waals surface area contributed by atoms with E-state index in [0.29, 0.717) is 0 Å². The van der Waals surface area contributed by atoms with E-state index in [1.807, 2.05) is 38.1 Å². The topological polar surface area (TPSA) is 39.2 Å². The van der Waals surface area contributed by atoms with Gasteiger partial charge in [-0.05, 0) is 18.1 Å². The van der Waals surface area contributed by atoms with Gasteiger partial charge in [-0.2, -0.15) is 0 Å². The van der Waals surface area contributed by atoms with Crippen molar-refractivity contribution in [1.29, 1.82) is 0 Å². The summed E-state index contributed by atoms with van der Waals surface area (Å²) in [6.07, 6.45) is 0. The molecule has 1 aromatic heterocycles. The minimum Gasteiger partial charge on any atom is -0.496 e. The highest BCUT2D eigenvalue weighted by molar-refractivity contribution is 7.17. The molecule has 0 radical (unpaired) electrons. The Hall–Kier alpha value is -1.68. The fourth-order valence-electron chi connectivity index (χ4n) is 1.91. The van der Waals surface area contributed by atoms with Crippen LogP contribution in [0.1, 0.15) is 42.1 Å². The van der Waals surface area contributed by atoms with Crippen molar-refractivity contribution in [3.63, 3.8) is 0 Å². The first kappa shape index (κ1) is 13.7. The maximum Gasteiger partial charge on any atom is 0.171 e. The van der Waals surface area contributed by atoms with Gasteiger partial charge < -0.3 is 4.74 Å². The van der Waals surface area contributed by atoms with E-state index in [2.05, 4.69) is 4.98 Å². The highest BCUT2D eigenvalue weighted by atomic mass is 32.1. The highest BCUT2D eigenvalue weighted by Crippen LogP contribution is 2.36. The molecule has 3 nitrogen and oxygen atoms in total. The van der Waals surface area contributed by atoms with Crippen molar-refractivity contribution in [1.82, 2.24) is 4.98 Å². The Morgan fingerprint density at radius 2 is 2.00 bits per heavy atom. The average molecular weight is 275 g/mol. The smallest absolute Gasteiger partial charge is 0.171 e. The monoisotopic (exact) mass is 275 g/mol. The van der Waals surface area contributed by atoms with Gasteiger partial charge in [0.2, 0.25) is 0 Å². The van der Waals surface area contributed by atoms with Crippen LogP contribution in [-0.2, 0) is 0 Å². The van der Waals surface area contributed by atoms with Crippen molar-refractivity contribution < 1.29 is 9.53 Å². The van der Waals surface area contributed by atoms with E-state index in [9.17, 15) is 4.79 Å². The number of hydrogen-bond donors (Lipinski definition) is 0. The van der Waals surface area contributed by atoms with Crippen LogP contribution in [-0.4, -0.2) is 17.9 Å². The van der Waals surface area contributed by atoms with Gasteiger partial charge in [0.1, 0.15) is 10.8 Å². The molecule has 2 aromatic rings. The zero-order chi connectivity index (χ0) is 14.0. The number of aromatic nitrogens is 1. The number of hydrogen-bond acceptors (Lipinski definition) is 4. The molecule has 0 N–H and O–H groups in total. The van der Waals surface area contributed by atoms with Crippen LogP contribution in [0.4, 0.5) is 0 Å². The molecule has 100 valence electrons. The number of benzene rings is 1.